The summed E-state index contributed by atoms with van der Waals surface area (Å²) in [5.41, 5.74) is 2.24. The highest BCUT2D eigenvalue weighted by Crippen LogP contribution is 2.63. The second-order valence-electron chi connectivity index (χ2n) is 7.46. The SMILES string of the molecule is Cc1ccc(S(=O)(=O)N/N=C2/C[C@H]3CC[C@]2(C)C3(C)C)cc1. The predicted molar refractivity (Wildman–Crippen MR) is 88.2 cm³/mol. The number of nitrogens with one attached hydrogen (secondary N) is 1. The minimum atomic E-state index is -3.58. The lowest BCUT2D eigenvalue weighted by molar-refractivity contribution is 0.193. The summed E-state index contributed by atoms with van der Waals surface area (Å²) in [4.78, 5) is 2.70. The van der Waals surface area contributed by atoms with E-state index in [0.29, 0.717) is 5.92 Å². The van der Waals surface area contributed by atoms with Crippen LogP contribution >= 0.6 is 0 Å². The van der Waals surface area contributed by atoms with Crippen molar-refractivity contribution in [3.8, 4) is 0 Å². The molecule has 1 aromatic rings. The Balaban J connectivity index is 1.85. The third kappa shape index (κ3) is 2.18. The zero-order chi connectivity index (χ0) is 16.2. The molecule has 2 bridgehead atoms. The maximum Gasteiger partial charge on any atom is 0.276 e. The summed E-state index contributed by atoms with van der Waals surface area (Å²) in [6.45, 7) is 8.71. The average molecular weight is 320 g/mol. The molecular weight excluding hydrogens is 296 g/mol. The summed E-state index contributed by atoms with van der Waals surface area (Å²) in [5, 5.41) is 4.32. The van der Waals surface area contributed by atoms with Crippen LogP contribution in [0.2, 0.25) is 0 Å². The Kier molecular flexibility index (Phi) is 3.40. The van der Waals surface area contributed by atoms with E-state index in [1.165, 1.54) is 6.42 Å². The minimum Gasteiger partial charge on any atom is -0.200 e. The molecule has 0 aliphatic heterocycles. The highest BCUT2D eigenvalue weighted by molar-refractivity contribution is 7.89. The van der Waals surface area contributed by atoms with Crippen LogP contribution in [0, 0.1) is 23.7 Å². The Labute approximate surface area is 133 Å². The third-order valence-electron chi connectivity index (χ3n) is 6.14. The summed E-state index contributed by atoms with van der Waals surface area (Å²) >= 11 is 0. The molecule has 0 radical (unpaired) electrons. The van der Waals surface area contributed by atoms with Crippen LogP contribution in [0.4, 0.5) is 0 Å². The fraction of sp³-hybridized carbons (Fsp3) is 0.588. The highest BCUT2D eigenvalue weighted by atomic mass is 32.2. The van der Waals surface area contributed by atoms with E-state index >= 15 is 0 Å². The second kappa shape index (κ2) is 4.82. The number of benzene rings is 1. The van der Waals surface area contributed by atoms with Crippen LogP contribution in [0.5, 0.6) is 0 Å². The number of rotatable bonds is 3. The van der Waals surface area contributed by atoms with E-state index in [4.69, 9.17) is 0 Å². The Morgan fingerprint density at radius 3 is 2.32 bits per heavy atom. The van der Waals surface area contributed by atoms with E-state index in [2.05, 4.69) is 30.7 Å². The summed E-state index contributed by atoms with van der Waals surface area (Å²) in [6.07, 6.45) is 3.21. The van der Waals surface area contributed by atoms with Gasteiger partial charge in [0.15, 0.2) is 0 Å². The van der Waals surface area contributed by atoms with Gasteiger partial charge in [-0.05, 0) is 49.7 Å². The molecule has 0 unspecified atom stereocenters. The standard InChI is InChI=1S/C17H24N2O2S/c1-12-5-7-14(8-6-12)22(20,21)19-18-15-11-13-9-10-17(15,4)16(13,2)3/h5-8,13,19H,9-11H2,1-4H3/b18-15-/t13-,17+/m1/s1. The highest BCUT2D eigenvalue weighted by Gasteiger charge is 2.60. The van der Waals surface area contributed by atoms with E-state index in [9.17, 15) is 8.42 Å². The number of fused-ring (bicyclic) bond motifs is 2. The first-order valence-electron chi connectivity index (χ1n) is 7.82. The molecule has 2 aliphatic carbocycles. The number of aryl methyl sites for hydroxylation is 1. The van der Waals surface area contributed by atoms with Crippen LogP contribution in [-0.4, -0.2) is 14.1 Å². The molecule has 2 atom stereocenters. The Hall–Kier alpha value is -1.36. The molecule has 1 N–H and O–H groups in total. The molecule has 2 fully saturated rings. The quantitative estimate of drug-likeness (QED) is 0.867. The molecule has 0 spiro atoms. The average Bonchev–Trinajstić information content (AvgIpc) is 2.78. The van der Waals surface area contributed by atoms with Crippen LogP contribution in [0.1, 0.15) is 45.6 Å². The number of nitrogens with zero attached hydrogens (tertiary/aromatic N) is 1. The number of hydrogen-bond donors (Lipinski definition) is 1. The van der Waals surface area contributed by atoms with Gasteiger partial charge in [0.25, 0.3) is 10.0 Å². The molecule has 3 rings (SSSR count). The Bertz CT molecular complexity index is 720. The molecule has 1 aromatic carbocycles. The largest absolute Gasteiger partial charge is 0.276 e. The molecule has 0 amide bonds. The van der Waals surface area contributed by atoms with Crippen molar-refractivity contribution in [3.63, 3.8) is 0 Å². The predicted octanol–water partition coefficient (Wildman–Crippen LogP) is 3.48. The molecule has 0 heterocycles. The first-order valence-corrected chi connectivity index (χ1v) is 9.31. The molecule has 2 aliphatic rings. The van der Waals surface area contributed by atoms with Crippen molar-refractivity contribution < 1.29 is 8.42 Å². The van der Waals surface area contributed by atoms with Gasteiger partial charge < -0.3 is 0 Å². The van der Waals surface area contributed by atoms with Crippen LogP contribution in [0.15, 0.2) is 34.3 Å². The smallest absolute Gasteiger partial charge is 0.200 e. The number of hydrazone groups is 1. The number of hydrogen-bond acceptors (Lipinski definition) is 3. The van der Waals surface area contributed by atoms with Crippen LogP contribution in [0.25, 0.3) is 0 Å². The van der Waals surface area contributed by atoms with Crippen molar-refractivity contribution in [1.82, 2.24) is 4.83 Å². The van der Waals surface area contributed by atoms with Gasteiger partial charge in [0.2, 0.25) is 0 Å². The Morgan fingerprint density at radius 2 is 1.82 bits per heavy atom. The topological polar surface area (TPSA) is 58.5 Å². The van der Waals surface area contributed by atoms with E-state index in [-0.39, 0.29) is 15.7 Å². The van der Waals surface area contributed by atoms with Gasteiger partial charge in [-0.15, -0.1) is 0 Å². The van der Waals surface area contributed by atoms with Gasteiger partial charge in [-0.3, -0.25) is 0 Å². The molecule has 2 saturated carbocycles. The zero-order valence-corrected chi connectivity index (χ0v) is 14.5. The van der Waals surface area contributed by atoms with Crippen molar-refractivity contribution in [2.45, 2.75) is 51.9 Å². The fourth-order valence-corrected chi connectivity index (χ4v) is 4.81. The minimum absolute atomic E-state index is 0.00740. The van der Waals surface area contributed by atoms with Crippen LogP contribution in [0.3, 0.4) is 0 Å². The van der Waals surface area contributed by atoms with Gasteiger partial charge in [-0.25, -0.2) is 4.83 Å². The summed E-state index contributed by atoms with van der Waals surface area (Å²) in [5.74, 6) is 0.611. The van der Waals surface area contributed by atoms with Crippen molar-refractivity contribution in [2.75, 3.05) is 0 Å². The van der Waals surface area contributed by atoms with Gasteiger partial charge >= 0.3 is 0 Å². The van der Waals surface area contributed by atoms with E-state index in [0.717, 1.165) is 24.1 Å². The molecule has 22 heavy (non-hydrogen) atoms. The lowest BCUT2D eigenvalue weighted by Gasteiger charge is -2.34. The zero-order valence-electron chi connectivity index (χ0n) is 13.7. The van der Waals surface area contributed by atoms with E-state index in [1.807, 2.05) is 6.92 Å². The first-order chi connectivity index (χ1) is 10.2. The number of sulfonamides is 1. The van der Waals surface area contributed by atoms with Gasteiger partial charge in [-0.1, -0.05) is 38.5 Å². The van der Waals surface area contributed by atoms with Gasteiger partial charge in [-0.2, -0.15) is 13.5 Å². The lowest BCUT2D eigenvalue weighted by Crippen LogP contribution is -2.34. The molecule has 5 heteroatoms. The molecule has 0 aromatic heterocycles. The van der Waals surface area contributed by atoms with Crippen molar-refractivity contribution in [2.24, 2.45) is 21.8 Å². The monoisotopic (exact) mass is 320 g/mol. The van der Waals surface area contributed by atoms with Crippen LogP contribution in [-0.2, 0) is 10.0 Å². The maximum absolute atomic E-state index is 12.4. The van der Waals surface area contributed by atoms with E-state index < -0.39 is 10.0 Å². The van der Waals surface area contributed by atoms with Gasteiger partial charge in [0.1, 0.15) is 0 Å². The third-order valence-corrected chi connectivity index (χ3v) is 7.37. The first kappa shape index (κ1) is 15.5. The summed E-state index contributed by atoms with van der Waals surface area (Å²) in [6, 6.07) is 6.82. The summed E-state index contributed by atoms with van der Waals surface area (Å²) in [7, 11) is -3.58. The lowest BCUT2D eigenvalue weighted by atomic mass is 9.70. The van der Waals surface area contributed by atoms with Crippen molar-refractivity contribution in [1.29, 1.82) is 0 Å². The molecule has 0 saturated heterocycles. The van der Waals surface area contributed by atoms with Crippen molar-refractivity contribution >= 4 is 15.7 Å². The molecular formula is C17H24N2O2S. The molecule has 4 nitrogen and oxygen atoms in total. The van der Waals surface area contributed by atoms with Crippen LogP contribution < -0.4 is 4.83 Å². The molecule has 120 valence electrons. The van der Waals surface area contributed by atoms with Gasteiger partial charge in [0, 0.05) is 11.1 Å². The van der Waals surface area contributed by atoms with Gasteiger partial charge in [0.05, 0.1) is 4.90 Å². The fourth-order valence-electron chi connectivity index (χ4n) is 3.98. The van der Waals surface area contributed by atoms with Crippen molar-refractivity contribution in [3.05, 3.63) is 29.8 Å². The maximum atomic E-state index is 12.4. The van der Waals surface area contributed by atoms with E-state index in [1.54, 1.807) is 24.3 Å². The normalized spacial score (nSPS) is 31.6. The summed E-state index contributed by atoms with van der Waals surface area (Å²) < 4.78 is 24.7. The Morgan fingerprint density at radius 1 is 1.18 bits per heavy atom. The second-order valence-corrected chi connectivity index (χ2v) is 9.12.